The smallest absolute Gasteiger partial charge is 0.255 e. The van der Waals surface area contributed by atoms with Crippen molar-refractivity contribution < 1.29 is 20.1 Å². The van der Waals surface area contributed by atoms with Crippen LogP contribution in [0.1, 0.15) is 22.0 Å². The number of hydrogen-bond donors (Lipinski definition) is 5. The van der Waals surface area contributed by atoms with Gasteiger partial charge in [0, 0.05) is 12.2 Å². The number of nitrogen functional groups attached to an aromatic ring is 1. The number of phenolic OH excluding ortho intramolecular Hbond substituents is 2. The van der Waals surface area contributed by atoms with E-state index < -0.39 is 17.8 Å². The first-order valence-electron chi connectivity index (χ1n) is 6.31. The summed E-state index contributed by atoms with van der Waals surface area (Å²) in [4.78, 5) is 11.9. The van der Waals surface area contributed by atoms with Crippen LogP contribution in [0.2, 0.25) is 0 Å². The molecule has 0 saturated carbocycles. The number of phenols is 2. The van der Waals surface area contributed by atoms with Crippen LogP contribution in [0.4, 0.5) is 5.69 Å². The van der Waals surface area contributed by atoms with Crippen molar-refractivity contribution in [1.82, 2.24) is 5.32 Å². The summed E-state index contributed by atoms with van der Waals surface area (Å²) in [6.07, 6.45) is -0.894. The van der Waals surface area contributed by atoms with Crippen LogP contribution >= 0.6 is 0 Å². The molecule has 6 N–H and O–H groups in total. The summed E-state index contributed by atoms with van der Waals surface area (Å²) >= 11 is 0. The number of aromatic hydroxyl groups is 2. The maximum atomic E-state index is 11.9. The minimum Gasteiger partial charge on any atom is -0.504 e. The van der Waals surface area contributed by atoms with Crippen molar-refractivity contribution >= 4 is 11.6 Å². The molecule has 1 unspecified atom stereocenters. The summed E-state index contributed by atoms with van der Waals surface area (Å²) < 4.78 is 0. The Kier molecular flexibility index (Phi) is 4.30. The summed E-state index contributed by atoms with van der Waals surface area (Å²) in [5, 5.41) is 31.4. The first-order valence-corrected chi connectivity index (χ1v) is 6.31. The number of rotatable bonds is 4. The lowest BCUT2D eigenvalue weighted by molar-refractivity contribution is 0.0913. The van der Waals surface area contributed by atoms with E-state index in [4.69, 9.17) is 5.73 Å². The van der Waals surface area contributed by atoms with Gasteiger partial charge in [-0.2, -0.15) is 0 Å². The van der Waals surface area contributed by atoms with E-state index in [1.807, 2.05) is 0 Å². The lowest BCUT2D eigenvalue weighted by atomic mass is 10.1. The van der Waals surface area contributed by atoms with Gasteiger partial charge in [0.05, 0.1) is 11.7 Å². The van der Waals surface area contributed by atoms with Crippen LogP contribution in [0.15, 0.2) is 42.5 Å². The Bertz CT molecular complexity index is 641. The fourth-order valence-corrected chi connectivity index (χ4v) is 1.84. The number of carbonyl (C=O) groups excluding carboxylic acids is 1. The first kappa shape index (κ1) is 14.7. The summed E-state index contributed by atoms with van der Waals surface area (Å²) in [5.74, 6) is -1.45. The second-order valence-electron chi connectivity index (χ2n) is 4.57. The average Bonchev–Trinajstić information content (AvgIpc) is 2.48. The second-order valence-corrected chi connectivity index (χ2v) is 4.57. The number of nitrogens with one attached hydrogen (secondary N) is 1. The maximum Gasteiger partial charge on any atom is 0.255 e. The van der Waals surface area contributed by atoms with E-state index in [0.717, 1.165) is 0 Å². The molecule has 0 heterocycles. The molecule has 0 spiro atoms. The molecule has 0 aliphatic heterocycles. The first-order chi connectivity index (χ1) is 9.99. The van der Waals surface area contributed by atoms with Crippen LogP contribution in [-0.2, 0) is 0 Å². The van der Waals surface area contributed by atoms with Gasteiger partial charge < -0.3 is 26.4 Å². The van der Waals surface area contributed by atoms with Crippen molar-refractivity contribution in [3.8, 4) is 11.5 Å². The van der Waals surface area contributed by atoms with Gasteiger partial charge in [-0.05, 0) is 29.8 Å². The van der Waals surface area contributed by atoms with Crippen molar-refractivity contribution in [2.24, 2.45) is 0 Å². The van der Waals surface area contributed by atoms with Gasteiger partial charge in [-0.1, -0.05) is 18.2 Å². The minimum absolute atomic E-state index is 0.0299. The predicted molar refractivity (Wildman–Crippen MR) is 77.9 cm³/mol. The van der Waals surface area contributed by atoms with E-state index in [1.165, 1.54) is 18.2 Å². The Balaban J connectivity index is 2.00. The molecule has 1 amide bonds. The molecule has 0 aliphatic rings. The normalized spacial score (nSPS) is 11.9. The van der Waals surface area contributed by atoms with E-state index in [2.05, 4.69) is 5.32 Å². The third kappa shape index (κ3) is 3.43. The highest BCUT2D eigenvalue weighted by Gasteiger charge is 2.15. The molecule has 0 bridgehead atoms. The molecule has 2 aromatic rings. The zero-order valence-corrected chi connectivity index (χ0v) is 11.2. The number of anilines is 1. The monoisotopic (exact) mass is 288 g/mol. The van der Waals surface area contributed by atoms with Gasteiger partial charge in [-0.3, -0.25) is 4.79 Å². The van der Waals surface area contributed by atoms with Crippen LogP contribution < -0.4 is 11.1 Å². The molecule has 6 heteroatoms. The molecular formula is C15H16N2O4. The van der Waals surface area contributed by atoms with Crippen LogP contribution in [0, 0.1) is 0 Å². The van der Waals surface area contributed by atoms with Gasteiger partial charge in [-0.25, -0.2) is 0 Å². The highest BCUT2D eigenvalue weighted by molar-refractivity contribution is 5.97. The SMILES string of the molecule is Nc1ccc(C(O)CNC(=O)c2cccc(O)c2O)cc1. The molecule has 0 radical (unpaired) electrons. The summed E-state index contributed by atoms with van der Waals surface area (Å²) in [5.41, 5.74) is 6.70. The summed E-state index contributed by atoms with van der Waals surface area (Å²) in [6, 6.07) is 10.7. The second kappa shape index (κ2) is 6.15. The van der Waals surface area contributed by atoms with Gasteiger partial charge in [0.15, 0.2) is 11.5 Å². The van der Waals surface area contributed by atoms with E-state index in [0.29, 0.717) is 11.3 Å². The lowest BCUT2D eigenvalue weighted by Gasteiger charge is -2.13. The molecule has 1 atom stereocenters. The van der Waals surface area contributed by atoms with Crippen molar-refractivity contribution in [2.45, 2.75) is 6.10 Å². The largest absolute Gasteiger partial charge is 0.504 e. The van der Waals surface area contributed by atoms with Crippen molar-refractivity contribution in [3.05, 3.63) is 53.6 Å². The molecule has 2 aromatic carbocycles. The zero-order valence-electron chi connectivity index (χ0n) is 11.2. The van der Waals surface area contributed by atoms with E-state index in [9.17, 15) is 20.1 Å². The Hall–Kier alpha value is -2.73. The zero-order chi connectivity index (χ0) is 15.4. The fourth-order valence-electron chi connectivity index (χ4n) is 1.84. The predicted octanol–water partition coefficient (Wildman–Crippen LogP) is 1.14. The Morgan fingerprint density at radius 2 is 1.81 bits per heavy atom. The Morgan fingerprint density at radius 1 is 1.14 bits per heavy atom. The number of para-hydroxylation sites is 1. The van der Waals surface area contributed by atoms with Crippen LogP contribution in [0.25, 0.3) is 0 Å². The topological polar surface area (TPSA) is 116 Å². The van der Waals surface area contributed by atoms with Crippen molar-refractivity contribution in [1.29, 1.82) is 0 Å². The Labute approximate surface area is 121 Å². The molecule has 6 nitrogen and oxygen atoms in total. The standard InChI is InChI=1S/C15H16N2O4/c16-10-6-4-9(5-7-10)13(19)8-17-15(21)11-2-1-3-12(18)14(11)20/h1-7,13,18-20H,8,16H2,(H,17,21). The number of aliphatic hydroxyl groups is 1. The van der Waals surface area contributed by atoms with Gasteiger partial charge in [0.1, 0.15) is 0 Å². The van der Waals surface area contributed by atoms with Crippen LogP contribution in [0.5, 0.6) is 11.5 Å². The van der Waals surface area contributed by atoms with Gasteiger partial charge >= 0.3 is 0 Å². The summed E-state index contributed by atoms with van der Waals surface area (Å²) in [6.45, 7) is -0.0299. The summed E-state index contributed by atoms with van der Waals surface area (Å²) in [7, 11) is 0. The number of nitrogens with two attached hydrogens (primary N) is 1. The number of benzene rings is 2. The highest BCUT2D eigenvalue weighted by atomic mass is 16.3. The number of aliphatic hydroxyl groups excluding tert-OH is 1. The molecule has 0 fully saturated rings. The van der Waals surface area contributed by atoms with Gasteiger partial charge in [0.25, 0.3) is 5.91 Å². The molecule has 0 aliphatic carbocycles. The molecule has 110 valence electrons. The Morgan fingerprint density at radius 3 is 2.48 bits per heavy atom. The molecule has 21 heavy (non-hydrogen) atoms. The van der Waals surface area contributed by atoms with Crippen LogP contribution in [0.3, 0.4) is 0 Å². The lowest BCUT2D eigenvalue weighted by Crippen LogP contribution is -2.28. The fraction of sp³-hybridized carbons (Fsp3) is 0.133. The van der Waals surface area contributed by atoms with Gasteiger partial charge in [-0.15, -0.1) is 0 Å². The molecule has 2 rings (SSSR count). The maximum absolute atomic E-state index is 11.9. The minimum atomic E-state index is -0.894. The average molecular weight is 288 g/mol. The van der Waals surface area contributed by atoms with Crippen molar-refractivity contribution in [3.63, 3.8) is 0 Å². The highest BCUT2D eigenvalue weighted by Crippen LogP contribution is 2.28. The van der Waals surface area contributed by atoms with E-state index in [-0.39, 0.29) is 17.9 Å². The number of amides is 1. The molecule has 0 saturated heterocycles. The van der Waals surface area contributed by atoms with Crippen LogP contribution in [-0.4, -0.2) is 27.8 Å². The number of carbonyl (C=O) groups is 1. The van der Waals surface area contributed by atoms with E-state index in [1.54, 1.807) is 24.3 Å². The third-order valence-corrected chi connectivity index (χ3v) is 3.04. The van der Waals surface area contributed by atoms with E-state index >= 15 is 0 Å². The van der Waals surface area contributed by atoms with Gasteiger partial charge in [0.2, 0.25) is 0 Å². The molecule has 0 aromatic heterocycles. The molecular weight excluding hydrogens is 272 g/mol. The number of hydrogen-bond acceptors (Lipinski definition) is 5. The van der Waals surface area contributed by atoms with Crippen molar-refractivity contribution in [2.75, 3.05) is 12.3 Å². The third-order valence-electron chi connectivity index (χ3n) is 3.04. The quantitative estimate of drug-likeness (QED) is 0.427.